The molecule has 2 aliphatic rings. The van der Waals surface area contributed by atoms with Gasteiger partial charge in [0.05, 0.1) is 13.2 Å². The normalized spacial score (nSPS) is 23.2. The summed E-state index contributed by atoms with van der Waals surface area (Å²) in [5, 5.41) is 12.7. The number of fused-ring (bicyclic) bond motifs is 6. The van der Waals surface area contributed by atoms with E-state index in [9.17, 15) is 9.90 Å². The SMILES string of the molecule is CCCCC(O)(Cn1c2c(c3cc(C)ccc31)C1CCC(C2)N1C)C(=O)OCC. The molecule has 29 heavy (non-hydrogen) atoms. The topological polar surface area (TPSA) is 54.7 Å². The van der Waals surface area contributed by atoms with Crippen LogP contribution in [0.15, 0.2) is 18.2 Å². The fourth-order valence-corrected chi connectivity index (χ4v) is 5.39. The first-order valence-corrected chi connectivity index (χ1v) is 11.1. The number of esters is 1. The molecular weight excluding hydrogens is 364 g/mol. The number of aliphatic hydroxyl groups is 1. The maximum absolute atomic E-state index is 12.8. The second kappa shape index (κ2) is 7.77. The van der Waals surface area contributed by atoms with Crippen molar-refractivity contribution in [2.24, 2.45) is 0 Å². The molecule has 0 amide bonds. The second-order valence-electron chi connectivity index (χ2n) is 8.94. The Morgan fingerprint density at radius 2 is 2.10 bits per heavy atom. The van der Waals surface area contributed by atoms with Crippen molar-refractivity contribution in [3.05, 3.63) is 35.0 Å². The van der Waals surface area contributed by atoms with Crippen molar-refractivity contribution in [1.82, 2.24) is 9.47 Å². The lowest BCUT2D eigenvalue weighted by molar-refractivity contribution is -0.167. The summed E-state index contributed by atoms with van der Waals surface area (Å²) in [5.41, 5.74) is 3.59. The Hall–Kier alpha value is -1.85. The van der Waals surface area contributed by atoms with Crippen molar-refractivity contribution in [2.45, 2.75) is 83.5 Å². The first kappa shape index (κ1) is 20.4. The quantitative estimate of drug-likeness (QED) is 0.713. The molecule has 5 heteroatoms. The van der Waals surface area contributed by atoms with Crippen LogP contribution in [-0.4, -0.2) is 45.8 Å². The van der Waals surface area contributed by atoms with E-state index < -0.39 is 11.6 Å². The van der Waals surface area contributed by atoms with Crippen LogP contribution in [0.5, 0.6) is 0 Å². The molecule has 1 N–H and O–H groups in total. The molecule has 1 aromatic carbocycles. The van der Waals surface area contributed by atoms with E-state index in [-0.39, 0.29) is 13.2 Å². The van der Waals surface area contributed by atoms with Crippen LogP contribution in [0, 0.1) is 6.92 Å². The molecule has 3 heterocycles. The zero-order valence-corrected chi connectivity index (χ0v) is 18.2. The molecule has 0 radical (unpaired) electrons. The number of aromatic nitrogens is 1. The lowest BCUT2D eigenvalue weighted by Gasteiger charge is -2.34. The van der Waals surface area contributed by atoms with Crippen molar-refractivity contribution in [1.29, 1.82) is 0 Å². The molecule has 5 nitrogen and oxygen atoms in total. The zero-order valence-electron chi connectivity index (χ0n) is 18.2. The standard InChI is InChI=1S/C24H34N2O3/c1-5-7-12-24(28,23(27)29-6-2)15-26-19-10-8-16(3)13-18(19)22-20-11-9-17(25(20)4)14-21(22)26/h8,10,13,17,20,28H,5-7,9,11-12,14-15H2,1-4H3. The van der Waals surface area contributed by atoms with Gasteiger partial charge in [-0.2, -0.15) is 0 Å². The average Bonchev–Trinajstić information content (AvgIpc) is 3.10. The largest absolute Gasteiger partial charge is 0.464 e. The number of hydrogen-bond acceptors (Lipinski definition) is 4. The number of likely N-dealkylation sites (N-methyl/N-ethyl adjacent to an activating group) is 1. The maximum atomic E-state index is 12.8. The number of ether oxygens (including phenoxy) is 1. The molecule has 2 bridgehead atoms. The highest BCUT2D eigenvalue weighted by Gasteiger charge is 2.43. The Morgan fingerprint density at radius 3 is 2.83 bits per heavy atom. The zero-order chi connectivity index (χ0) is 20.8. The molecule has 1 saturated heterocycles. The van der Waals surface area contributed by atoms with Crippen molar-refractivity contribution in [3.8, 4) is 0 Å². The maximum Gasteiger partial charge on any atom is 0.340 e. The summed E-state index contributed by atoms with van der Waals surface area (Å²) >= 11 is 0. The molecule has 0 saturated carbocycles. The predicted molar refractivity (Wildman–Crippen MR) is 115 cm³/mol. The summed E-state index contributed by atoms with van der Waals surface area (Å²) in [6.07, 6.45) is 5.52. The first-order chi connectivity index (χ1) is 13.9. The van der Waals surface area contributed by atoms with Gasteiger partial charge in [0.25, 0.3) is 0 Å². The lowest BCUT2D eigenvalue weighted by Crippen LogP contribution is -2.45. The van der Waals surface area contributed by atoms with E-state index in [0.717, 1.165) is 24.8 Å². The van der Waals surface area contributed by atoms with Crippen LogP contribution in [0.2, 0.25) is 0 Å². The summed E-state index contributed by atoms with van der Waals surface area (Å²) in [4.78, 5) is 15.3. The third-order valence-corrected chi connectivity index (χ3v) is 6.99. The molecular formula is C24H34N2O3. The van der Waals surface area contributed by atoms with Gasteiger partial charge >= 0.3 is 5.97 Å². The van der Waals surface area contributed by atoms with Crippen LogP contribution in [0.3, 0.4) is 0 Å². The van der Waals surface area contributed by atoms with Crippen molar-refractivity contribution < 1.29 is 14.6 Å². The summed E-state index contributed by atoms with van der Waals surface area (Å²) in [7, 11) is 2.24. The minimum absolute atomic E-state index is 0.268. The van der Waals surface area contributed by atoms with Crippen molar-refractivity contribution in [2.75, 3.05) is 13.7 Å². The van der Waals surface area contributed by atoms with Crippen LogP contribution in [0.4, 0.5) is 0 Å². The van der Waals surface area contributed by atoms with Gasteiger partial charge in [0.1, 0.15) is 0 Å². The van der Waals surface area contributed by atoms with Crippen LogP contribution in [0.25, 0.3) is 10.9 Å². The van der Waals surface area contributed by atoms with E-state index in [1.165, 1.54) is 35.0 Å². The van der Waals surface area contributed by atoms with Crippen molar-refractivity contribution in [3.63, 3.8) is 0 Å². The van der Waals surface area contributed by atoms with Gasteiger partial charge in [0, 0.05) is 35.1 Å². The predicted octanol–water partition coefficient (Wildman–Crippen LogP) is 4.13. The van der Waals surface area contributed by atoms with E-state index in [1.807, 2.05) is 0 Å². The highest BCUT2D eigenvalue weighted by molar-refractivity contribution is 5.88. The van der Waals surface area contributed by atoms with Crippen LogP contribution < -0.4 is 0 Å². The molecule has 1 aromatic heterocycles. The van der Waals surface area contributed by atoms with Crippen LogP contribution in [0.1, 0.15) is 68.8 Å². The number of unbranched alkanes of at least 4 members (excludes halogenated alkanes) is 1. The Labute approximate surface area is 173 Å². The number of aryl methyl sites for hydroxylation is 1. The second-order valence-corrected chi connectivity index (χ2v) is 8.94. The smallest absolute Gasteiger partial charge is 0.340 e. The van der Waals surface area contributed by atoms with Crippen LogP contribution in [-0.2, 0) is 22.5 Å². The van der Waals surface area contributed by atoms with E-state index in [1.54, 1.807) is 6.92 Å². The molecule has 158 valence electrons. The number of benzene rings is 1. The van der Waals surface area contributed by atoms with Gasteiger partial charge in [-0.05, 0) is 57.9 Å². The van der Waals surface area contributed by atoms with Gasteiger partial charge in [-0.25, -0.2) is 4.79 Å². The van der Waals surface area contributed by atoms with E-state index in [4.69, 9.17) is 4.74 Å². The summed E-state index contributed by atoms with van der Waals surface area (Å²) in [6, 6.07) is 7.53. The average molecular weight is 399 g/mol. The molecule has 3 unspecified atom stereocenters. The van der Waals surface area contributed by atoms with Gasteiger partial charge in [0.2, 0.25) is 0 Å². The molecule has 3 atom stereocenters. The Bertz CT molecular complexity index is 918. The van der Waals surface area contributed by atoms with Crippen LogP contribution >= 0.6 is 0 Å². The van der Waals surface area contributed by atoms with E-state index in [2.05, 4.69) is 48.6 Å². The third-order valence-electron chi connectivity index (χ3n) is 6.99. The fraction of sp³-hybridized carbons (Fsp3) is 0.625. The minimum atomic E-state index is -1.49. The number of carbonyl (C=O) groups is 1. The molecule has 4 rings (SSSR count). The fourth-order valence-electron chi connectivity index (χ4n) is 5.39. The van der Waals surface area contributed by atoms with Gasteiger partial charge in [-0.1, -0.05) is 31.4 Å². The Balaban J connectivity index is 1.83. The number of nitrogens with zero attached hydrogens (tertiary/aromatic N) is 2. The molecule has 2 aromatic rings. The first-order valence-electron chi connectivity index (χ1n) is 11.1. The number of hydrogen-bond donors (Lipinski definition) is 1. The minimum Gasteiger partial charge on any atom is -0.464 e. The Kier molecular flexibility index (Phi) is 5.47. The van der Waals surface area contributed by atoms with Gasteiger partial charge in [-0.3, -0.25) is 4.90 Å². The molecule has 0 spiro atoms. The number of rotatable bonds is 7. The monoisotopic (exact) mass is 398 g/mol. The molecule has 1 fully saturated rings. The van der Waals surface area contributed by atoms with E-state index >= 15 is 0 Å². The highest BCUT2D eigenvalue weighted by atomic mass is 16.5. The Morgan fingerprint density at radius 1 is 1.31 bits per heavy atom. The van der Waals surface area contributed by atoms with Gasteiger partial charge < -0.3 is 14.4 Å². The lowest BCUT2D eigenvalue weighted by atomic mass is 9.95. The van der Waals surface area contributed by atoms with Gasteiger partial charge in [-0.15, -0.1) is 0 Å². The molecule has 2 aliphatic heterocycles. The van der Waals surface area contributed by atoms with E-state index in [0.29, 0.717) is 18.5 Å². The summed E-state index contributed by atoms with van der Waals surface area (Å²) < 4.78 is 7.52. The summed E-state index contributed by atoms with van der Waals surface area (Å²) in [5.74, 6) is -0.493. The third kappa shape index (κ3) is 3.38. The van der Waals surface area contributed by atoms with Crippen molar-refractivity contribution >= 4 is 16.9 Å². The van der Waals surface area contributed by atoms with Gasteiger partial charge in [0.15, 0.2) is 5.60 Å². The summed E-state index contributed by atoms with van der Waals surface area (Å²) in [6.45, 7) is 6.55. The number of carbonyl (C=O) groups excluding carboxylic acids is 1. The molecule has 0 aliphatic carbocycles. The highest BCUT2D eigenvalue weighted by Crippen LogP contribution is 2.47.